The van der Waals surface area contributed by atoms with Crippen molar-refractivity contribution in [2.45, 2.75) is 13.1 Å². The summed E-state index contributed by atoms with van der Waals surface area (Å²) in [7, 11) is 0. The van der Waals surface area contributed by atoms with Crippen LogP contribution in [0.1, 0.15) is 11.3 Å². The molecule has 7 heteroatoms. The molecule has 2 heterocycles. The van der Waals surface area contributed by atoms with Crippen molar-refractivity contribution in [2.75, 3.05) is 0 Å². The third kappa shape index (κ3) is 3.54. The van der Waals surface area contributed by atoms with Crippen LogP contribution in [-0.4, -0.2) is 15.0 Å². The van der Waals surface area contributed by atoms with Crippen molar-refractivity contribution in [2.24, 2.45) is 0 Å². The topological polar surface area (TPSA) is 38.7 Å². The molecule has 3 aromatic rings. The largest absolute Gasteiger partial charge is 0.416 e. The third-order valence-electron chi connectivity index (χ3n) is 3.39. The number of halogens is 4. The molecule has 3 rings (SSSR count). The number of hydrogen-bond donors (Lipinski definition) is 0. The maximum Gasteiger partial charge on any atom is 0.416 e. The number of rotatable bonds is 2. The zero-order chi connectivity index (χ0) is 17.3. The summed E-state index contributed by atoms with van der Waals surface area (Å²) < 4.78 is 38.0. The van der Waals surface area contributed by atoms with Gasteiger partial charge in [0.1, 0.15) is 0 Å². The van der Waals surface area contributed by atoms with Gasteiger partial charge in [-0.25, -0.2) is 9.97 Å². The Morgan fingerprint density at radius 3 is 2.21 bits per heavy atom. The number of aryl methyl sites for hydroxylation is 1. The highest BCUT2D eigenvalue weighted by molar-refractivity contribution is 6.28. The van der Waals surface area contributed by atoms with Gasteiger partial charge in [0.05, 0.1) is 17.0 Å². The van der Waals surface area contributed by atoms with Gasteiger partial charge < -0.3 is 0 Å². The molecule has 0 aliphatic carbocycles. The van der Waals surface area contributed by atoms with Crippen LogP contribution in [-0.2, 0) is 6.18 Å². The molecule has 0 fully saturated rings. The molecule has 0 aliphatic heterocycles. The van der Waals surface area contributed by atoms with Gasteiger partial charge in [-0.2, -0.15) is 13.2 Å². The summed E-state index contributed by atoms with van der Waals surface area (Å²) in [4.78, 5) is 12.3. The van der Waals surface area contributed by atoms with Gasteiger partial charge in [-0.05, 0) is 60.0 Å². The van der Waals surface area contributed by atoms with E-state index in [2.05, 4.69) is 15.0 Å². The lowest BCUT2D eigenvalue weighted by atomic mass is 10.0. The fourth-order valence-electron chi connectivity index (χ4n) is 2.30. The van der Waals surface area contributed by atoms with Crippen LogP contribution in [0.4, 0.5) is 13.2 Å². The maximum absolute atomic E-state index is 12.7. The Balaban J connectivity index is 2.03. The molecule has 0 saturated heterocycles. The summed E-state index contributed by atoms with van der Waals surface area (Å²) in [6.07, 6.45) is -2.83. The van der Waals surface area contributed by atoms with Crippen LogP contribution < -0.4 is 0 Å². The first-order valence-electron chi connectivity index (χ1n) is 6.98. The van der Waals surface area contributed by atoms with E-state index in [1.54, 1.807) is 25.1 Å². The predicted molar refractivity (Wildman–Crippen MR) is 85.4 cm³/mol. The average Bonchev–Trinajstić information content (AvgIpc) is 2.53. The van der Waals surface area contributed by atoms with Crippen LogP contribution in [0.25, 0.3) is 22.5 Å². The Kier molecular flexibility index (Phi) is 4.24. The van der Waals surface area contributed by atoms with Crippen LogP contribution in [0.2, 0.25) is 5.28 Å². The van der Waals surface area contributed by atoms with Crippen molar-refractivity contribution in [3.63, 3.8) is 0 Å². The molecule has 0 N–H and O–H groups in total. The highest BCUT2D eigenvalue weighted by Crippen LogP contribution is 2.32. The second kappa shape index (κ2) is 6.20. The second-order valence-corrected chi connectivity index (χ2v) is 5.51. The van der Waals surface area contributed by atoms with Crippen LogP contribution in [0.15, 0.2) is 48.7 Å². The van der Waals surface area contributed by atoms with Crippen molar-refractivity contribution >= 4 is 11.6 Å². The molecule has 0 atom stereocenters. The Bertz CT molecular complexity index is 877. The summed E-state index contributed by atoms with van der Waals surface area (Å²) in [5.41, 5.74) is 2.58. The zero-order valence-corrected chi connectivity index (χ0v) is 13.2. The van der Waals surface area contributed by atoms with Crippen LogP contribution in [0.3, 0.4) is 0 Å². The monoisotopic (exact) mass is 349 g/mol. The summed E-state index contributed by atoms with van der Waals surface area (Å²) in [6, 6.07) is 10.2. The summed E-state index contributed by atoms with van der Waals surface area (Å²) in [5.74, 6) is 0. The SMILES string of the molecule is Cc1cc(-c2ccc(C(F)(F)F)cc2)cc(-c2ccnc(Cl)n2)n1. The quantitative estimate of drug-likeness (QED) is 0.598. The number of pyridine rings is 1. The molecule has 0 saturated carbocycles. The van der Waals surface area contributed by atoms with Gasteiger partial charge >= 0.3 is 6.18 Å². The molecule has 1 aromatic carbocycles. The Labute approximate surface area is 141 Å². The minimum atomic E-state index is -4.35. The zero-order valence-electron chi connectivity index (χ0n) is 12.5. The van der Waals surface area contributed by atoms with Crippen molar-refractivity contribution in [3.8, 4) is 22.5 Å². The molecule has 0 unspecified atom stereocenters. The van der Waals surface area contributed by atoms with Gasteiger partial charge in [0.15, 0.2) is 0 Å². The van der Waals surface area contributed by atoms with Crippen LogP contribution in [0.5, 0.6) is 0 Å². The number of aromatic nitrogens is 3. The van der Waals surface area contributed by atoms with Crippen LogP contribution >= 0.6 is 11.6 Å². The number of benzene rings is 1. The molecule has 24 heavy (non-hydrogen) atoms. The predicted octanol–water partition coefficient (Wildman–Crippen LogP) is 5.19. The lowest BCUT2D eigenvalue weighted by Crippen LogP contribution is -2.04. The molecule has 122 valence electrons. The molecular formula is C17H11ClF3N3. The number of hydrogen-bond acceptors (Lipinski definition) is 3. The van der Waals surface area contributed by atoms with Gasteiger partial charge in [-0.15, -0.1) is 0 Å². The molecule has 0 amide bonds. The normalized spacial score (nSPS) is 11.5. The second-order valence-electron chi connectivity index (χ2n) is 5.17. The summed E-state index contributed by atoms with van der Waals surface area (Å²) in [6.45, 7) is 1.81. The van der Waals surface area contributed by atoms with E-state index in [0.717, 1.165) is 23.4 Å². The highest BCUT2D eigenvalue weighted by Gasteiger charge is 2.29. The van der Waals surface area contributed by atoms with E-state index in [9.17, 15) is 13.2 Å². The van der Waals surface area contributed by atoms with Gasteiger partial charge in [0, 0.05) is 11.9 Å². The number of nitrogens with zero attached hydrogens (tertiary/aromatic N) is 3. The molecule has 2 aromatic heterocycles. The van der Waals surface area contributed by atoms with E-state index in [0.29, 0.717) is 17.0 Å². The van der Waals surface area contributed by atoms with Crippen molar-refractivity contribution in [1.29, 1.82) is 0 Å². The molecule has 3 nitrogen and oxygen atoms in total. The summed E-state index contributed by atoms with van der Waals surface area (Å²) >= 11 is 5.79. The summed E-state index contributed by atoms with van der Waals surface area (Å²) in [5, 5.41) is 0.104. The first kappa shape index (κ1) is 16.4. The molecule has 0 spiro atoms. The smallest absolute Gasteiger partial charge is 0.251 e. The Hall–Kier alpha value is -2.47. The van der Waals surface area contributed by atoms with E-state index in [1.165, 1.54) is 18.3 Å². The van der Waals surface area contributed by atoms with Crippen molar-refractivity contribution < 1.29 is 13.2 Å². The minimum absolute atomic E-state index is 0.104. The van der Waals surface area contributed by atoms with Gasteiger partial charge in [-0.3, -0.25) is 4.98 Å². The number of alkyl halides is 3. The minimum Gasteiger partial charge on any atom is -0.251 e. The highest BCUT2D eigenvalue weighted by atomic mass is 35.5. The first-order chi connectivity index (χ1) is 11.3. The van der Waals surface area contributed by atoms with E-state index >= 15 is 0 Å². The maximum atomic E-state index is 12.7. The lowest BCUT2D eigenvalue weighted by Gasteiger charge is -2.09. The molecule has 0 bridgehead atoms. The fourth-order valence-corrected chi connectivity index (χ4v) is 2.44. The van der Waals surface area contributed by atoms with E-state index in [4.69, 9.17) is 11.6 Å². The van der Waals surface area contributed by atoms with Crippen molar-refractivity contribution in [3.05, 3.63) is 65.2 Å². The van der Waals surface area contributed by atoms with E-state index in [1.807, 2.05) is 0 Å². The third-order valence-corrected chi connectivity index (χ3v) is 3.57. The van der Waals surface area contributed by atoms with Gasteiger partial charge in [0.2, 0.25) is 5.28 Å². The molecular weight excluding hydrogens is 339 g/mol. The lowest BCUT2D eigenvalue weighted by molar-refractivity contribution is -0.137. The Morgan fingerprint density at radius 2 is 1.58 bits per heavy atom. The van der Waals surface area contributed by atoms with Crippen LogP contribution in [0, 0.1) is 6.92 Å². The molecule has 0 aliphatic rings. The standard InChI is InChI=1S/C17H11ClF3N3/c1-10-8-12(11-2-4-13(5-3-11)17(19,20)21)9-15(23-10)14-6-7-22-16(18)24-14/h2-9H,1H3. The average molecular weight is 350 g/mol. The fraction of sp³-hybridized carbons (Fsp3) is 0.118. The Morgan fingerprint density at radius 1 is 0.875 bits per heavy atom. The molecule has 0 radical (unpaired) electrons. The van der Waals surface area contributed by atoms with Crippen molar-refractivity contribution in [1.82, 2.24) is 15.0 Å². The van der Waals surface area contributed by atoms with Gasteiger partial charge in [0.25, 0.3) is 0 Å². The van der Waals surface area contributed by atoms with E-state index in [-0.39, 0.29) is 5.28 Å². The first-order valence-corrected chi connectivity index (χ1v) is 7.36. The van der Waals surface area contributed by atoms with Gasteiger partial charge in [-0.1, -0.05) is 12.1 Å². The van der Waals surface area contributed by atoms with E-state index < -0.39 is 11.7 Å².